The lowest BCUT2D eigenvalue weighted by Gasteiger charge is -2.34. The van der Waals surface area contributed by atoms with E-state index in [1.807, 2.05) is 0 Å². The molecule has 18 heavy (non-hydrogen) atoms. The van der Waals surface area contributed by atoms with E-state index in [2.05, 4.69) is 6.92 Å². The maximum Gasteiger partial charge on any atom is 0.410 e. The summed E-state index contributed by atoms with van der Waals surface area (Å²) < 4.78 is 4.92. The van der Waals surface area contributed by atoms with E-state index < -0.39 is 17.6 Å². The minimum atomic E-state index is -1.24. The Morgan fingerprint density at radius 3 is 2.22 bits per heavy atom. The largest absolute Gasteiger partial charge is 0.480 e. The van der Waals surface area contributed by atoms with Crippen LogP contribution in [0.15, 0.2) is 0 Å². The number of rotatable bonds is 8. The number of nitrogens with zero attached hydrogens (tertiary/aromatic N) is 1. The fourth-order valence-corrected chi connectivity index (χ4v) is 1.61. The molecule has 0 atom stereocenters. The van der Waals surface area contributed by atoms with Gasteiger partial charge in [0.2, 0.25) is 0 Å². The number of carboxylic acids is 1. The lowest BCUT2D eigenvalue weighted by Crippen LogP contribution is -2.53. The zero-order valence-corrected chi connectivity index (χ0v) is 11.9. The third-order valence-electron chi connectivity index (χ3n) is 2.92. The van der Waals surface area contributed by atoms with E-state index in [0.717, 1.165) is 25.7 Å². The number of unbranched alkanes of at least 4 members (excludes halogenated alkanes) is 3. The van der Waals surface area contributed by atoms with Gasteiger partial charge in [0.25, 0.3) is 0 Å². The molecule has 0 aliphatic heterocycles. The second-order valence-corrected chi connectivity index (χ2v) is 4.78. The molecule has 0 aliphatic rings. The number of aliphatic carboxylic acids is 1. The van der Waals surface area contributed by atoms with Crippen molar-refractivity contribution in [3.05, 3.63) is 0 Å². The molecule has 106 valence electrons. The van der Waals surface area contributed by atoms with Gasteiger partial charge < -0.3 is 9.84 Å². The van der Waals surface area contributed by atoms with Crippen molar-refractivity contribution in [3.8, 4) is 0 Å². The standard InChI is InChI=1S/C13H25NO4/c1-5-7-8-9-10-14(12(17)18-6-2)13(3,4)11(15)16/h5-10H2,1-4H3,(H,15,16). The number of amides is 1. The lowest BCUT2D eigenvalue weighted by molar-refractivity contribution is -0.148. The van der Waals surface area contributed by atoms with Crippen LogP contribution in [0.25, 0.3) is 0 Å². The van der Waals surface area contributed by atoms with E-state index in [4.69, 9.17) is 4.74 Å². The van der Waals surface area contributed by atoms with Gasteiger partial charge in [-0.25, -0.2) is 9.59 Å². The van der Waals surface area contributed by atoms with Crippen molar-refractivity contribution in [2.45, 2.75) is 58.9 Å². The maximum atomic E-state index is 11.8. The predicted molar refractivity (Wildman–Crippen MR) is 69.6 cm³/mol. The summed E-state index contributed by atoms with van der Waals surface area (Å²) in [7, 11) is 0. The number of hydrogen-bond acceptors (Lipinski definition) is 3. The molecular weight excluding hydrogens is 234 g/mol. The first-order valence-electron chi connectivity index (χ1n) is 6.55. The van der Waals surface area contributed by atoms with Gasteiger partial charge in [0.15, 0.2) is 0 Å². The molecule has 1 N–H and O–H groups in total. The first-order valence-corrected chi connectivity index (χ1v) is 6.55. The number of carbonyl (C=O) groups excluding carboxylic acids is 1. The van der Waals surface area contributed by atoms with Crippen LogP contribution in [0.2, 0.25) is 0 Å². The number of carbonyl (C=O) groups is 2. The summed E-state index contributed by atoms with van der Waals surface area (Å²) in [6, 6.07) is 0. The highest BCUT2D eigenvalue weighted by atomic mass is 16.6. The molecule has 0 aromatic carbocycles. The smallest absolute Gasteiger partial charge is 0.410 e. The Hall–Kier alpha value is -1.26. The number of carboxylic acid groups (broad SMARTS) is 1. The van der Waals surface area contributed by atoms with Gasteiger partial charge in [-0.05, 0) is 27.2 Å². The van der Waals surface area contributed by atoms with Crippen molar-refractivity contribution in [1.82, 2.24) is 4.90 Å². The molecule has 0 bridgehead atoms. The summed E-state index contributed by atoms with van der Waals surface area (Å²) in [6.45, 7) is 7.52. The van der Waals surface area contributed by atoms with E-state index >= 15 is 0 Å². The van der Waals surface area contributed by atoms with E-state index in [0.29, 0.717) is 6.54 Å². The molecule has 0 aromatic rings. The zero-order valence-electron chi connectivity index (χ0n) is 11.9. The summed E-state index contributed by atoms with van der Waals surface area (Å²) in [6.07, 6.45) is 3.42. The van der Waals surface area contributed by atoms with Crippen LogP contribution in [-0.2, 0) is 9.53 Å². The highest BCUT2D eigenvalue weighted by molar-refractivity contribution is 5.83. The van der Waals surface area contributed by atoms with Crippen molar-refractivity contribution < 1.29 is 19.4 Å². The molecule has 0 rings (SSSR count). The Labute approximate surface area is 109 Å². The van der Waals surface area contributed by atoms with Gasteiger partial charge in [-0.15, -0.1) is 0 Å². The third kappa shape index (κ3) is 4.94. The Morgan fingerprint density at radius 1 is 1.17 bits per heavy atom. The molecule has 1 amide bonds. The molecule has 5 nitrogen and oxygen atoms in total. The van der Waals surface area contributed by atoms with E-state index in [-0.39, 0.29) is 6.61 Å². The Kier molecular flexibility index (Phi) is 7.39. The monoisotopic (exact) mass is 259 g/mol. The van der Waals surface area contributed by atoms with Crippen LogP contribution in [-0.4, -0.2) is 40.8 Å². The van der Waals surface area contributed by atoms with E-state index in [1.165, 1.54) is 18.7 Å². The van der Waals surface area contributed by atoms with Gasteiger partial charge >= 0.3 is 12.1 Å². The molecule has 0 saturated heterocycles. The molecule has 0 aliphatic carbocycles. The summed E-state index contributed by atoms with van der Waals surface area (Å²) >= 11 is 0. The summed E-state index contributed by atoms with van der Waals surface area (Å²) in [4.78, 5) is 24.3. The van der Waals surface area contributed by atoms with Crippen molar-refractivity contribution in [1.29, 1.82) is 0 Å². The van der Waals surface area contributed by atoms with Crippen LogP contribution in [0.4, 0.5) is 4.79 Å². The summed E-state index contributed by atoms with van der Waals surface area (Å²) in [5, 5.41) is 9.18. The maximum absolute atomic E-state index is 11.8. The molecule has 0 saturated carbocycles. The Bertz CT molecular complexity index is 276. The average molecular weight is 259 g/mol. The van der Waals surface area contributed by atoms with Gasteiger partial charge in [0.05, 0.1) is 6.61 Å². The zero-order chi connectivity index (χ0) is 14.2. The topological polar surface area (TPSA) is 66.8 Å². The van der Waals surface area contributed by atoms with Crippen LogP contribution < -0.4 is 0 Å². The van der Waals surface area contributed by atoms with Crippen molar-refractivity contribution >= 4 is 12.1 Å². The van der Waals surface area contributed by atoms with Gasteiger partial charge in [0.1, 0.15) is 5.54 Å². The molecule has 0 spiro atoms. The highest BCUT2D eigenvalue weighted by Crippen LogP contribution is 2.17. The summed E-state index contributed by atoms with van der Waals surface area (Å²) in [5.74, 6) is -1.02. The van der Waals surface area contributed by atoms with Crippen molar-refractivity contribution in [2.75, 3.05) is 13.2 Å². The van der Waals surface area contributed by atoms with Crippen molar-refractivity contribution in [2.24, 2.45) is 0 Å². The fraction of sp³-hybridized carbons (Fsp3) is 0.846. The van der Waals surface area contributed by atoms with E-state index in [9.17, 15) is 14.7 Å². The normalized spacial score (nSPS) is 11.1. The fourth-order valence-electron chi connectivity index (χ4n) is 1.61. The minimum absolute atomic E-state index is 0.250. The van der Waals surface area contributed by atoms with Gasteiger partial charge in [-0.2, -0.15) is 0 Å². The van der Waals surface area contributed by atoms with Gasteiger partial charge in [-0.3, -0.25) is 4.90 Å². The molecule has 0 radical (unpaired) electrons. The van der Waals surface area contributed by atoms with Crippen LogP contribution in [0.1, 0.15) is 53.4 Å². The molecule has 0 aromatic heterocycles. The van der Waals surface area contributed by atoms with Crippen LogP contribution in [0, 0.1) is 0 Å². The first kappa shape index (κ1) is 16.7. The van der Waals surface area contributed by atoms with Crippen LogP contribution in [0.5, 0.6) is 0 Å². The van der Waals surface area contributed by atoms with Crippen LogP contribution in [0.3, 0.4) is 0 Å². The molecule has 0 fully saturated rings. The molecule has 0 unspecified atom stereocenters. The second-order valence-electron chi connectivity index (χ2n) is 4.78. The minimum Gasteiger partial charge on any atom is -0.480 e. The summed E-state index contributed by atoms with van der Waals surface area (Å²) in [5.41, 5.74) is -1.24. The molecule has 5 heteroatoms. The van der Waals surface area contributed by atoms with E-state index in [1.54, 1.807) is 6.92 Å². The number of ether oxygens (including phenoxy) is 1. The highest BCUT2D eigenvalue weighted by Gasteiger charge is 2.38. The van der Waals surface area contributed by atoms with Crippen LogP contribution >= 0.6 is 0 Å². The predicted octanol–water partition coefficient (Wildman–Crippen LogP) is 2.89. The third-order valence-corrected chi connectivity index (χ3v) is 2.92. The average Bonchev–Trinajstić information content (AvgIpc) is 2.28. The second kappa shape index (κ2) is 7.95. The number of hydrogen-bond donors (Lipinski definition) is 1. The Morgan fingerprint density at radius 2 is 1.78 bits per heavy atom. The SMILES string of the molecule is CCCCCCN(C(=O)OCC)C(C)(C)C(=O)O. The molecule has 0 heterocycles. The Balaban J connectivity index is 4.62. The quantitative estimate of drug-likeness (QED) is 0.681. The first-order chi connectivity index (χ1) is 8.37. The molecular formula is C13H25NO4. The lowest BCUT2D eigenvalue weighted by atomic mass is 10.0. The van der Waals surface area contributed by atoms with Gasteiger partial charge in [-0.1, -0.05) is 26.2 Å². The van der Waals surface area contributed by atoms with Crippen molar-refractivity contribution in [3.63, 3.8) is 0 Å². The van der Waals surface area contributed by atoms with Gasteiger partial charge in [0, 0.05) is 6.54 Å².